The largest absolute Gasteiger partial charge is 0.446 e. The van der Waals surface area contributed by atoms with Crippen LogP contribution < -0.4 is 0 Å². The second-order valence-electron chi connectivity index (χ2n) is 3.27. The van der Waals surface area contributed by atoms with Gasteiger partial charge in [0, 0.05) is 19.0 Å². The summed E-state index contributed by atoms with van der Waals surface area (Å²) in [7, 11) is 0. The summed E-state index contributed by atoms with van der Waals surface area (Å²) < 4.78 is 5.05. The zero-order chi connectivity index (χ0) is 8.43. The normalized spacial score (nSPS) is 25.6. The quantitative estimate of drug-likeness (QED) is 0.579. The molecule has 0 spiro atoms. The van der Waals surface area contributed by atoms with E-state index in [1.807, 2.05) is 20.8 Å². The van der Waals surface area contributed by atoms with Crippen LogP contribution in [0.15, 0.2) is 0 Å². The molecule has 64 valence electrons. The molecule has 1 unspecified atom stereocenters. The Morgan fingerprint density at radius 3 is 2.73 bits per heavy atom. The number of ether oxygens (including phenoxy) is 1. The van der Waals surface area contributed by atoms with Crippen molar-refractivity contribution in [3.63, 3.8) is 0 Å². The van der Waals surface area contributed by atoms with Crippen molar-refractivity contribution in [2.75, 3.05) is 6.54 Å². The van der Waals surface area contributed by atoms with Crippen LogP contribution in [0.2, 0.25) is 0 Å². The van der Waals surface area contributed by atoms with Gasteiger partial charge in [0.1, 0.15) is 6.10 Å². The van der Waals surface area contributed by atoms with Gasteiger partial charge in [0.05, 0.1) is 0 Å². The molecule has 0 N–H and O–H groups in total. The van der Waals surface area contributed by atoms with Crippen LogP contribution in [-0.4, -0.2) is 29.7 Å². The third-order valence-electron chi connectivity index (χ3n) is 1.94. The van der Waals surface area contributed by atoms with Crippen molar-refractivity contribution in [3.05, 3.63) is 0 Å². The first kappa shape index (κ1) is 8.37. The average molecular weight is 157 g/mol. The second kappa shape index (κ2) is 3.11. The molecule has 3 heteroatoms. The minimum absolute atomic E-state index is 0.0949. The maximum atomic E-state index is 11.1. The lowest BCUT2D eigenvalue weighted by atomic mass is 10.2. The molecule has 1 aliphatic heterocycles. The summed E-state index contributed by atoms with van der Waals surface area (Å²) in [5, 5.41) is 0. The van der Waals surface area contributed by atoms with Gasteiger partial charge < -0.3 is 9.64 Å². The Morgan fingerprint density at radius 1 is 1.64 bits per heavy atom. The Hall–Kier alpha value is -0.730. The third-order valence-corrected chi connectivity index (χ3v) is 1.94. The van der Waals surface area contributed by atoms with Gasteiger partial charge in [-0.3, -0.25) is 0 Å². The van der Waals surface area contributed by atoms with Crippen molar-refractivity contribution < 1.29 is 9.53 Å². The van der Waals surface area contributed by atoms with Gasteiger partial charge in [0.2, 0.25) is 0 Å². The van der Waals surface area contributed by atoms with E-state index in [1.54, 1.807) is 4.90 Å². The first-order valence-electron chi connectivity index (χ1n) is 4.08. The molecule has 0 aromatic heterocycles. The van der Waals surface area contributed by atoms with Crippen molar-refractivity contribution in [1.82, 2.24) is 4.90 Å². The number of nitrogens with zero attached hydrogens (tertiary/aromatic N) is 1. The maximum Gasteiger partial charge on any atom is 0.410 e. The number of carbonyl (C=O) groups is 1. The highest BCUT2D eigenvalue weighted by molar-refractivity contribution is 5.68. The minimum Gasteiger partial charge on any atom is -0.446 e. The van der Waals surface area contributed by atoms with Gasteiger partial charge in [-0.25, -0.2) is 4.79 Å². The van der Waals surface area contributed by atoms with Gasteiger partial charge in [0.25, 0.3) is 0 Å². The minimum atomic E-state index is -0.168. The van der Waals surface area contributed by atoms with Crippen LogP contribution in [0.3, 0.4) is 0 Å². The van der Waals surface area contributed by atoms with E-state index in [4.69, 9.17) is 4.74 Å². The molecule has 1 rings (SSSR count). The summed E-state index contributed by atoms with van der Waals surface area (Å²) in [4.78, 5) is 12.9. The highest BCUT2D eigenvalue weighted by Crippen LogP contribution is 2.13. The molecule has 11 heavy (non-hydrogen) atoms. The van der Waals surface area contributed by atoms with E-state index < -0.39 is 0 Å². The second-order valence-corrected chi connectivity index (χ2v) is 3.27. The van der Waals surface area contributed by atoms with E-state index in [0.29, 0.717) is 0 Å². The fourth-order valence-electron chi connectivity index (χ4n) is 1.18. The van der Waals surface area contributed by atoms with Gasteiger partial charge in [0.15, 0.2) is 0 Å². The van der Waals surface area contributed by atoms with Gasteiger partial charge in [-0.05, 0) is 20.8 Å². The van der Waals surface area contributed by atoms with Crippen LogP contribution >= 0.6 is 0 Å². The van der Waals surface area contributed by atoms with Gasteiger partial charge in [-0.2, -0.15) is 0 Å². The summed E-state index contributed by atoms with van der Waals surface area (Å²) in [5.74, 6) is 0. The Bertz CT molecular complexity index is 156. The van der Waals surface area contributed by atoms with Crippen LogP contribution in [0, 0.1) is 0 Å². The molecule has 0 saturated carbocycles. The van der Waals surface area contributed by atoms with Crippen LogP contribution in [-0.2, 0) is 4.74 Å². The fraction of sp³-hybridized carbons (Fsp3) is 0.875. The van der Waals surface area contributed by atoms with Gasteiger partial charge >= 0.3 is 6.09 Å². The average Bonchev–Trinajstić information content (AvgIpc) is 1.85. The molecule has 1 aliphatic rings. The number of carbonyl (C=O) groups excluding carboxylic acids is 1. The summed E-state index contributed by atoms with van der Waals surface area (Å²) in [5.41, 5.74) is 0. The Labute approximate surface area is 67.3 Å². The van der Waals surface area contributed by atoms with E-state index in [1.165, 1.54) is 0 Å². The van der Waals surface area contributed by atoms with Crippen LogP contribution in [0.25, 0.3) is 0 Å². The van der Waals surface area contributed by atoms with Crippen molar-refractivity contribution >= 4 is 6.09 Å². The molecule has 1 atom stereocenters. The monoisotopic (exact) mass is 157 g/mol. The Morgan fingerprint density at radius 2 is 2.27 bits per heavy atom. The van der Waals surface area contributed by atoms with Gasteiger partial charge in [-0.1, -0.05) is 0 Å². The molecule has 1 amide bonds. The molecule has 1 saturated heterocycles. The van der Waals surface area contributed by atoms with Crippen molar-refractivity contribution in [2.45, 2.75) is 39.3 Å². The standard InChI is InChI=1S/C8H15NO2/c1-6(2)9-5-4-7(3)11-8(9)10/h6-7H,4-5H2,1-3H3. The molecule has 0 bridgehead atoms. The molecule has 0 aromatic rings. The SMILES string of the molecule is CC1CCN(C(C)C)C(=O)O1. The van der Waals surface area contributed by atoms with E-state index in [2.05, 4.69) is 0 Å². The van der Waals surface area contributed by atoms with E-state index >= 15 is 0 Å². The van der Waals surface area contributed by atoms with Crippen molar-refractivity contribution in [1.29, 1.82) is 0 Å². The predicted octanol–water partition coefficient (Wildman–Crippen LogP) is 1.63. The topological polar surface area (TPSA) is 29.5 Å². The Balaban J connectivity index is 2.51. The van der Waals surface area contributed by atoms with E-state index in [0.717, 1.165) is 13.0 Å². The maximum absolute atomic E-state index is 11.1. The smallest absolute Gasteiger partial charge is 0.410 e. The summed E-state index contributed by atoms with van der Waals surface area (Å²) >= 11 is 0. The van der Waals surface area contributed by atoms with Gasteiger partial charge in [-0.15, -0.1) is 0 Å². The van der Waals surface area contributed by atoms with Crippen molar-refractivity contribution in [2.24, 2.45) is 0 Å². The molecule has 1 heterocycles. The predicted molar refractivity (Wildman–Crippen MR) is 42.4 cm³/mol. The zero-order valence-electron chi connectivity index (χ0n) is 7.33. The lowest BCUT2D eigenvalue weighted by molar-refractivity contribution is 0.0237. The van der Waals surface area contributed by atoms with Crippen LogP contribution in [0.4, 0.5) is 4.79 Å². The number of hydrogen-bond acceptors (Lipinski definition) is 2. The summed E-state index contributed by atoms with van der Waals surface area (Å²) in [6.45, 7) is 6.75. The molecule has 0 aromatic carbocycles. The zero-order valence-corrected chi connectivity index (χ0v) is 7.33. The van der Waals surface area contributed by atoms with E-state index in [9.17, 15) is 4.79 Å². The first-order valence-corrected chi connectivity index (χ1v) is 4.08. The Kier molecular flexibility index (Phi) is 2.37. The van der Waals surface area contributed by atoms with E-state index in [-0.39, 0.29) is 18.2 Å². The van der Waals surface area contributed by atoms with Crippen LogP contribution in [0.1, 0.15) is 27.2 Å². The first-order chi connectivity index (χ1) is 5.11. The number of hydrogen-bond donors (Lipinski definition) is 0. The molecule has 0 radical (unpaired) electrons. The molecular weight excluding hydrogens is 142 g/mol. The van der Waals surface area contributed by atoms with Crippen molar-refractivity contribution in [3.8, 4) is 0 Å². The van der Waals surface area contributed by atoms with Crippen LogP contribution in [0.5, 0.6) is 0 Å². The molecule has 1 fully saturated rings. The number of cyclic esters (lactones) is 1. The molecule has 3 nitrogen and oxygen atoms in total. The molecule has 0 aliphatic carbocycles. The highest BCUT2D eigenvalue weighted by atomic mass is 16.6. The third kappa shape index (κ3) is 1.85. The summed E-state index contributed by atoms with van der Waals surface area (Å²) in [6, 6.07) is 0.259. The highest BCUT2D eigenvalue weighted by Gasteiger charge is 2.25. The lowest BCUT2D eigenvalue weighted by Gasteiger charge is -2.32. The molecular formula is C8H15NO2. The lowest BCUT2D eigenvalue weighted by Crippen LogP contribution is -2.44. The summed E-state index contributed by atoms with van der Waals surface area (Å²) in [6.07, 6.45) is 0.875. The number of rotatable bonds is 1. The fourth-order valence-corrected chi connectivity index (χ4v) is 1.18. The number of amides is 1.